The van der Waals surface area contributed by atoms with E-state index in [1.54, 1.807) is 0 Å². The van der Waals surface area contributed by atoms with E-state index in [0.29, 0.717) is 38.9 Å². The number of nitro groups is 1. The number of carbonyl (C=O) groups is 3. The van der Waals surface area contributed by atoms with Crippen LogP contribution in [-0.4, -0.2) is 70.8 Å². The van der Waals surface area contributed by atoms with Crippen LogP contribution in [0.15, 0.2) is 0 Å². The zero-order valence-corrected chi connectivity index (χ0v) is 15.4. The molecule has 3 fully saturated rings. The second kappa shape index (κ2) is 7.98. The van der Waals surface area contributed by atoms with Crippen LogP contribution < -0.4 is 16.0 Å². The SMILES string of the molecule is CC(=O)NCC1CC2([N+](=O)[O-])CC(CNC(C)=O)N1[C@@H](CNC(C)=O)C2. The first kappa shape index (κ1) is 20.1. The van der Waals surface area contributed by atoms with E-state index in [0.717, 1.165) is 0 Å². The van der Waals surface area contributed by atoms with Crippen molar-refractivity contribution in [2.45, 2.75) is 63.7 Å². The van der Waals surface area contributed by atoms with Crippen molar-refractivity contribution in [3.8, 4) is 0 Å². The van der Waals surface area contributed by atoms with Crippen LogP contribution in [0.5, 0.6) is 0 Å². The number of hydrogen-bond acceptors (Lipinski definition) is 6. The van der Waals surface area contributed by atoms with Crippen molar-refractivity contribution < 1.29 is 19.3 Å². The molecular weight excluding hydrogens is 342 g/mol. The molecule has 3 amide bonds. The fourth-order valence-corrected chi connectivity index (χ4v) is 4.32. The molecule has 0 aromatic heterocycles. The molecule has 2 bridgehead atoms. The van der Waals surface area contributed by atoms with Gasteiger partial charge in [-0.2, -0.15) is 0 Å². The smallest absolute Gasteiger partial charge is 0.227 e. The molecule has 0 saturated carbocycles. The number of hydrogen-bond donors (Lipinski definition) is 3. The first-order chi connectivity index (χ1) is 12.1. The van der Waals surface area contributed by atoms with Gasteiger partial charge >= 0.3 is 0 Å². The Bertz CT molecular complexity index is 526. The first-order valence-corrected chi connectivity index (χ1v) is 8.80. The normalized spacial score (nSPS) is 32.6. The highest BCUT2D eigenvalue weighted by atomic mass is 16.6. The number of rotatable bonds is 7. The van der Waals surface area contributed by atoms with Gasteiger partial charge in [0, 0.05) is 82.7 Å². The van der Waals surface area contributed by atoms with Gasteiger partial charge in [0.15, 0.2) is 0 Å². The highest BCUT2D eigenvalue weighted by Gasteiger charge is 2.60. The molecular formula is C16H27N5O5. The van der Waals surface area contributed by atoms with Crippen LogP contribution in [0.2, 0.25) is 0 Å². The summed E-state index contributed by atoms with van der Waals surface area (Å²) in [6, 6.07) is -0.655. The Balaban J connectivity index is 2.28. The minimum atomic E-state index is -1.11. The highest BCUT2D eigenvalue weighted by molar-refractivity contribution is 5.73. The molecule has 146 valence electrons. The van der Waals surface area contributed by atoms with Gasteiger partial charge in [-0.3, -0.25) is 29.4 Å². The Morgan fingerprint density at radius 1 is 0.885 bits per heavy atom. The molecule has 0 aromatic carbocycles. The average molecular weight is 369 g/mol. The lowest BCUT2D eigenvalue weighted by atomic mass is 9.69. The molecule has 0 aliphatic carbocycles. The van der Waals surface area contributed by atoms with Crippen LogP contribution in [0.3, 0.4) is 0 Å². The number of fused-ring (bicyclic) bond motifs is 3. The largest absolute Gasteiger partial charge is 0.355 e. The lowest BCUT2D eigenvalue weighted by Gasteiger charge is -2.56. The molecule has 0 aromatic rings. The lowest BCUT2D eigenvalue weighted by Crippen LogP contribution is -2.73. The molecule has 26 heavy (non-hydrogen) atoms. The molecule has 0 radical (unpaired) electrons. The maximum Gasteiger partial charge on any atom is 0.227 e. The molecule has 2 unspecified atom stereocenters. The van der Waals surface area contributed by atoms with Crippen molar-refractivity contribution in [2.75, 3.05) is 19.6 Å². The van der Waals surface area contributed by atoms with Gasteiger partial charge in [0.2, 0.25) is 23.3 Å². The minimum absolute atomic E-state index is 0.195. The van der Waals surface area contributed by atoms with E-state index >= 15 is 0 Å². The van der Waals surface area contributed by atoms with Gasteiger partial charge in [-0.1, -0.05) is 0 Å². The van der Waals surface area contributed by atoms with Crippen LogP contribution >= 0.6 is 0 Å². The summed E-state index contributed by atoms with van der Waals surface area (Å²) in [4.78, 5) is 47.8. The van der Waals surface area contributed by atoms with E-state index in [1.807, 2.05) is 0 Å². The maximum atomic E-state index is 11.9. The van der Waals surface area contributed by atoms with Crippen LogP contribution in [-0.2, 0) is 14.4 Å². The van der Waals surface area contributed by atoms with E-state index in [2.05, 4.69) is 20.9 Å². The van der Waals surface area contributed by atoms with Crippen LogP contribution in [0.4, 0.5) is 0 Å². The zero-order chi connectivity index (χ0) is 19.5. The van der Waals surface area contributed by atoms with Crippen molar-refractivity contribution in [3.63, 3.8) is 0 Å². The predicted octanol–water partition coefficient (Wildman–Crippen LogP) is -0.984. The van der Waals surface area contributed by atoms with Gasteiger partial charge in [-0.25, -0.2) is 0 Å². The van der Waals surface area contributed by atoms with E-state index < -0.39 is 5.54 Å². The Kier molecular flexibility index (Phi) is 6.17. The number of amides is 3. The molecule has 3 N–H and O–H groups in total. The first-order valence-electron chi connectivity index (χ1n) is 8.80. The summed E-state index contributed by atoms with van der Waals surface area (Å²) in [6.45, 7) is 5.13. The van der Waals surface area contributed by atoms with Crippen molar-refractivity contribution >= 4 is 17.7 Å². The van der Waals surface area contributed by atoms with Crippen molar-refractivity contribution in [1.29, 1.82) is 0 Å². The van der Waals surface area contributed by atoms with Gasteiger partial charge in [-0.05, 0) is 0 Å². The molecule has 10 nitrogen and oxygen atoms in total. The fourth-order valence-electron chi connectivity index (χ4n) is 4.32. The number of nitrogens with one attached hydrogen (secondary N) is 3. The lowest BCUT2D eigenvalue weighted by molar-refractivity contribution is -0.588. The van der Waals surface area contributed by atoms with Crippen LogP contribution in [0.1, 0.15) is 40.0 Å². The molecule has 0 spiro atoms. The van der Waals surface area contributed by atoms with Crippen LogP contribution in [0.25, 0.3) is 0 Å². The number of nitrogens with zero attached hydrogens (tertiary/aromatic N) is 2. The van der Waals surface area contributed by atoms with Crippen molar-refractivity contribution in [1.82, 2.24) is 20.9 Å². The zero-order valence-electron chi connectivity index (χ0n) is 15.4. The van der Waals surface area contributed by atoms with Gasteiger partial charge < -0.3 is 16.0 Å². The van der Waals surface area contributed by atoms with E-state index in [9.17, 15) is 24.5 Å². The van der Waals surface area contributed by atoms with Crippen molar-refractivity contribution in [2.24, 2.45) is 0 Å². The topological polar surface area (TPSA) is 134 Å². The summed E-state index contributed by atoms with van der Waals surface area (Å²) in [5.74, 6) is -0.584. The molecule has 3 atom stereocenters. The Morgan fingerprint density at radius 3 is 1.42 bits per heavy atom. The quantitative estimate of drug-likeness (QED) is 0.390. The summed E-state index contributed by atoms with van der Waals surface area (Å²) < 4.78 is 0. The molecule has 3 aliphatic rings. The van der Waals surface area contributed by atoms with Crippen molar-refractivity contribution in [3.05, 3.63) is 10.1 Å². The Labute approximate surface area is 152 Å². The predicted molar refractivity (Wildman–Crippen MR) is 92.8 cm³/mol. The highest BCUT2D eigenvalue weighted by Crippen LogP contribution is 2.44. The monoisotopic (exact) mass is 369 g/mol. The third-order valence-corrected chi connectivity index (χ3v) is 5.26. The molecule has 3 rings (SSSR count). The maximum absolute atomic E-state index is 11.9. The second-order valence-electron chi connectivity index (χ2n) is 7.31. The summed E-state index contributed by atoms with van der Waals surface area (Å²) in [6.07, 6.45) is 1.02. The average Bonchev–Trinajstić information content (AvgIpc) is 2.56. The summed E-state index contributed by atoms with van der Waals surface area (Å²) in [7, 11) is 0. The molecule has 3 heterocycles. The third-order valence-electron chi connectivity index (χ3n) is 5.26. The number of carbonyl (C=O) groups excluding carboxylic acids is 3. The van der Waals surface area contributed by atoms with Crippen LogP contribution in [0, 0.1) is 10.1 Å². The molecule has 3 aliphatic heterocycles. The summed E-state index contributed by atoms with van der Waals surface area (Å²) in [5, 5.41) is 20.2. The van der Waals surface area contributed by atoms with E-state index in [1.165, 1.54) is 20.8 Å². The third kappa shape index (κ3) is 4.48. The van der Waals surface area contributed by atoms with Gasteiger partial charge in [0.25, 0.3) is 0 Å². The second-order valence-corrected chi connectivity index (χ2v) is 7.31. The Morgan fingerprint density at radius 2 is 1.19 bits per heavy atom. The van der Waals surface area contributed by atoms with E-state index in [-0.39, 0.29) is 40.8 Å². The van der Waals surface area contributed by atoms with Gasteiger partial charge in [0.1, 0.15) is 0 Å². The standard InChI is InChI=1S/C16H27N5O5/c1-10(22)17-7-13-4-16(21(25)26)5-14(8-18-11(2)23)20(13)15(6-16)9-19-12(3)24/h13-15H,4-9H2,1-3H3,(H,17,22)(H,18,23)(H,19,24)/t13-,14?,15?,16?/m1/s1. The van der Waals surface area contributed by atoms with Gasteiger partial charge in [-0.15, -0.1) is 0 Å². The van der Waals surface area contributed by atoms with E-state index in [4.69, 9.17) is 0 Å². The summed E-state index contributed by atoms with van der Waals surface area (Å²) >= 11 is 0. The minimum Gasteiger partial charge on any atom is -0.355 e. The van der Waals surface area contributed by atoms with Gasteiger partial charge in [0.05, 0.1) is 0 Å². The fraction of sp³-hybridized carbons (Fsp3) is 0.812. The number of piperidine rings is 3. The molecule has 3 saturated heterocycles. The summed E-state index contributed by atoms with van der Waals surface area (Å²) in [5.41, 5.74) is -1.11. The molecule has 10 heteroatoms. The Hall–Kier alpha value is -2.23.